The largest absolute Gasteiger partial charge is 0.384 e. The van der Waals surface area contributed by atoms with Crippen molar-refractivity contribution in [1.29, 1.82) is 0 Å². The van der Waals surface area contributed by atoms with Crippen molar-refractivity contribution >= 4 is 5.78 Å². The Morgan fingerprint density at radius 1 is 1.27 bits per heavy atom. The molecule has 0 amide bonds. The number of nitrogens with one attached hydrogen (secondary N) is 1. The molecule has 5 nitrogen and oxygen atoms in total. The van der Waals surface area contributed by atoms with Gasteiger partial charge in [-0.2, -0.15) is 0 Å². The van der Waals surface area contributed by atoms with E-state index in [0.717, 1.165) is 5.69 Å². The van der Waals surface area contributed by atoms with Crippen LogP contribution in [0.5, 0.6) is 0 Å². The lowest BCUT2D eigenvalue weighted by atomic mass is 9.96. The van der Waals surface area contributed by atoms with E-state index in [2.05, 4.69) is 15.3 Å². The molecule has 0 fully saturated rings. The Kier molecular flexibility index (Phi) is 3.87. The molecule has 2 aromatic heterocycles. The van der Waals surface area contributed by atoms with Crippen molar-refractivity contribution in [2.24, 2.45) is 0 Å². The number of benzene rings is 1. The maximum atomic E-state index is 12.9. The molecule has 114 valence electrons. The van der Waals surface area contributed by atoms with Crippen molar-refractivity contribution in [1.82, 2.24) is 19.7 Å². The zero-order valence-corrected chi connectivity index (χ0v) is 12.2. The number of imidazole rings is 1. The smallest absolute Gasteiger partial charge is 0.233 e. The van der Waals surface area contributed by atoms with Crippen molar-refractivity contribution in [3.63, 3.8) is 0 Å². The third kappa shape index (κ3) is 2.98. The van der Waals surface area contributed by atoms with Crippen molar-refractivity contribution in [3.05, 3.63) is 66.0 Å². The molecule has 0 bridgehead atoms. The minimum atomic E-state index is -1.08. The topological polar surface area (TPSA) is 62.5 Å². The maximum Gasteiger partial charge on any atom is 0.233 e. The lowest BCUT2D eigenvalue weighted by Crippen LogP contribution is -2.35. The number of fused-ring (bicyclic) bond motifs is 1. The molecule has 22 heavy (non-hydrogen) atoms. The Morgan fingerprint density at radius 3 is 2.82 bits per heavy atom. The first-order valence-corrected chi connectivity index (χ1v) is 7.02. The van der Waals surface area contributed by atoms with Crippen LogP contribution < -0.4 is 5.32 Å². The van der Waals surface area contributed by atoms with E-state index >= 15 is 0 Å². The van der Waals surface area contributed by atoms with Crippen molar-refractivity contribution in [3.8, 4) is 0 Å². The van der Waals surface area contributed by atoms with Gasteiger partial charge in [0.2, 0.25) is 5.78 Å². The minimum absolute atomic E-state index is 0.314. The van der Waals surface area contributed by atoms with Gasteiger partial charge in [0.15, 0.2) is 0 Å². The zero-order chi connectivity index (χ0) is 15.6. The maximum absolute atomic E-state index is 12.9. The summed E-state index contributed by atoms with van der Waals surface area (Å²) >= 11 is 0. The zero-order valence-electron chi connectivity index (χ0n) is 12.2. The highest BCUT2D eigenvalue weighted by molar-refractivity contribution is 5.30. The average Bonchev–Trinajstić information content (AvgIpc) is 2.91. The molecular formula is C16H17FN4O. The summed E-state index contributed by atoms with van der Waals surface area (Å²) in [6, 6.07) is 7.72. The average molecular weight is 300 g/mol. The van der Waals surface area contributed by atoms with Gasteiger partial charge in [0.05, 0.1) is 17.5 Å². The molecule has 6 heteroatoms. The number of aromatic nitrogens is 3. The van der Waals surface area contributed by atoms with E-state index in [4.69, 9.17) is 0 Å². The molecule has 1 unspecified atom stereocenters. The molecular weight excluding hydrogens is 283 g/mol. The predicted molar refractivity (Wildman–Crippen MR) is 80.7 cm³/mol. The molecule has 2 heterocycles. The van der Waals surface area contributed by atoms with Gasteiger partial charge in [0.25, 0.3) is 0 Å². The van der Waals surface area contributed by atoms with Gasteiger partial charge in [-0.3, -0.25) is 4.40 Å². The number of hydrogen-bond acceptors (Lipinski definition) is 4. The van der Waals surface area contributed by atoms with E-state index < -0.39 is 5.60 Å². The molecule has 0 radical (unpaired) electrons. The Balaban J connectivity index is 1.66. The van der Waals surface area contributed by atoms with Crippen LogP contribution in [0.3, 0.4) is 0 Å². The summed E-state index contributed by atoms with van der Waals surface area (Å²) in [4.78, 5) is 8.36. The summed E-state index contributed by atoms with van der Waals surface area (Å²) in [5.74, 6) is 0.329. The summed E-state index contributed by atoms with van der Waals surface area (Å²) in [5, 5.41) is 13.7. The van der Waals surface area contributed by atoms with Gasteiger partial charge in [-0.25, -0.2) is 14.4 Å². The molecule has 0 spiro atoms. The van der Waals surface area contributed by atoms with E-state index in [0.29, 0.717) is 24.4 Å². The van der Waals surface area contributed by atoms with Crippen LogP contribution in [-0.2, 0) is 12.1 Å². The number of nitrogens with zero attached hydrogens (tertiary/aromatic N) is 3. The molecule has 0 aliphatic rings. The Bertz CT molecular complexity index is 767. The third-order valence-electron chi connectivity index (χ3n) is 3.61. The van der Waals surface area contributed by atoms with Crippen molar-refractivity contribution < 1.29 is 9.50 Å². The molecule has 3 rings (SSSR count). The first-order chi connectivity index (χ1) is 10.6. The molecule has 2 N–H and O–H groups in total. The van der Waals surface area contributed by atoms with Crippen LogP contribution in [0.15, 0.2) is 48.9 Å². The number of halogens is 1. The minimum Gasteiger partial charge on any atom is -0.384 e. The van der Waals surface area contributed by atoms with E-state index in [1.807, 2.05) is 16.7 Å². The molecule has 3 aromatic rings. The van der Waals surface area contributed by atoms with Crippen LogP contribution in [0.2, 0.25) is 0 Å². The number of aliphatic hydroxyl groups is 1. The third-order valence-corrected chi connectivity index (χ3v) is 3.61. The van der Waals surface area contributed by atoms with Crippen LogP contribution in [0.1, 0.15) is 18.2 Å². The highest BCUT2D eigenvalue weighted by Gasteiger charge is 2.22. The highest BCUT2D eigenvalue weighted by Crippen LogP contribution is 2.20. The second-order valence-corrected chi connectivity index (χ2v) is 5.42. The van der Waals surface area contributed by atoms with Crippen LogP contribution >= 0.6 is 0 Å². The molecule has 0 aliphatic heterocycles. The van der Waals surface area contributed by atoms with Gasteiger partial charge in [-0.05, 0) is 30.7 Å². The number of hydrogen-bond donors (Lipinski definition) is 2. The van der Waals surface area contributed by atoms with Crippen molar-refractivity contribution in [2.45, 2.75) is 19.1 Å². The van der Waals surface area contributed by atoms with Crippen LogP contribution in [-0.4, -0.2) is 26.0 Å². The van der Waals surface area contributed by atoms with Gasteiger partial charge in [0, 0.05) is 25.5 Å². The van der Waals surface area contributed by atoms with Crippen molar-refractivity contribution in [2.75, 3.05) is 6.54 Å². The second-order valence-electron chi connectivity index (χ2n) is 5.42. The summed E-state index contributed by atoms with van der Waals surface area (Å²) in [6.07, 6.45) is 5.34. The molecule has 0 aliphatic carbocycles. The number of rotatable bonds is 5. The van der Waals surface area contributed by atoms with E-state index in [1.54, 1.807) is 31.5 Å². The normalized spacial score (nSPS) is 14.1. The van der Waals surface area contributed by atoms with Gasteiger partial charge in [0.1, 0.15) is 5.82 Å². The molecule has 0 saturated carbocycles. The molecule has 1 atom stereocenters. The van der Waals surface area contributed by atoms with Gasteiger partial charge >= 0.3 is 0 Å². The fraction of sp³-hybridized carbons (Fsp3) is 0.250. The first-order valence-electron chi connectivity index (χ1n) is 7.02. The van der Waals surface area contributed by atoms with Gasteiger partial charge < -0.3 is 10.4 Å². The Hall–Kier alpha value is -2.31. The first kappa shape index (κ1) is 14.6. The summed E-state index contributed by atoms with van der Waals surface area (Å²) in [7, 11) is 0. The van der Waals surface area contributed by atoms with E-state index in [-0.39, 0.29) is 5.82 Å². The lowest BCUT2D eigenvalue weighted by molar-refractivity contribution is 0.0565. The highest BCUT2D eigenvalue weighted by atomic mass is 19.1. The molecule has 1 aromatic carbocycles. The fourth-order valence-electron chi connectivity index (χ4n) is 2.35. The van der Waals surface area contributed by atoms with E-state index in [9.17, 15) is 9.50 Å². The summed E-state index contributed by atoms with van der Waals surface area (Å²) in [5.41, 5.74) is 0.547. The van der Waals surface area contributed by atoms with Crippen LogP contribution in [0.25, 0.3) is 5.78 Å². The quantitative estimate of drug-likeness (QED) is 0.755. The van der Waals surface area contributed by atoms with E-state index in [1.165, 1.54) is 12.1 Å². The Labute approximate surface area is 127 Å². The SMILES string of the molecule is CC(O)(CNCc1cnc2ncccn12)c1ccc(F)cc1. The lowest BCUT2D eigenvalue weighted by Gasteiger charge is -2.24. The Morgan fingerprint density at radius 2 is 2.05 bits per heavy atom. The standard InChI is InChI=1S/C16H17FN4O/c1-16(22,12-3-5-13(17)6-4-12)11-18-9-14-10-20-15-19-7-2-8-21(14)15/h2-8,10,18,22H,9,11H2,1H3. The van der Waals surface area contributed by atoms with Gasteiger partial charge in [-0.1, -0.05) is 12.1 Å². The summed E-state index contributed by atoms with van der Waals surface area (Å²) < 4.78 is 14.8. The predicted octanol–water partition coefficient (Wildman–Crippen LogP) is 1.87. The fourth-order valence-corrected chi connectivity index (χ4v) is 2.35. The monoisotopic (exact) mass is 300 g/mol. The summed E-state index contributed by atoms with van der Waals surface area (Å²) in [6.45, 7) is 2.58. The van der Waals surface area contributed by atoms with Gasteiger partial charge in [-0.15, -0.1) is 0 Å². The molecule has 0 saturated heterocycles. The van der Waals surface area contributed by atoms with Crippen LogP contribution in [0.4, 0.5) is 4.39 Å². The second kappa shape index (κ2) is 5.82. The van der Waals surface area contributed by atoms with Crippen LogP contribution in [0, 0.1) is 5.82 Å².